The fourth-order valence-corrected chi connectivity index (χ4v) is 2.46. The van der Waals surface area contributed by atoms with Gasteiger partial charge in [-0.3, -0.25) is 4.79 Å². The monoisotopic (exact) mass is 329 g/mol. The van der Waals surface area contributed by atoms with Crippen molar-refractivity contribution >= 4 is 27.9 Å². The van der Waals surface area contributed by atoms with Gasteiger partial charge in [0.2, 0.25) is 0 Å². The second-order valence-electron chi connectivity index (χ2n) is 5.16. The van der Waals surface area contributed by atoms with E-state index in [2.05, 4.69) is 11.6 Å². The molecule has 0 amide bonds. The third kappa shape index (κ3) is 4.45. The van der Waals surface area contributed by atoms with Crippen molar-refractivity contribution in [2.24, 2.45) is 0 Å². The summed E-state index contributed by atoms with van der Waals surface area (Å²) < 4.78 is 0. The van der Waals surface area contributed by atoms with Crippen LogP contribution in [-0.4, -0.2) is 4.98 Å². The van der Waals surface area contributed by atoms with E-state index in [0.717, 1.165) is 21.8 Å². The van der Waals surface area contributed by atoms with Gasteiger partial charge in [0.15, 0.2) is 5.43 Å². The molecule has 0 unspecified atom stereocenters. The van der Waals surface area contributed by atoms with Crippen molar-refractivity contribution in [3.05, 3.63) is 101 Å². The molecule has 2 nitrogen and oxygen atoms in total. The Balaban J connectivity index is 0.000000192. The van der Waals surface area contributed by atoms with Gasteiger partial charge in [-0.25, -0.2) is 0 Å². The SMILES string of the molecule is C=Cc1ccccc1.CC.O=c1c2ccccc2[nH]c2ccccc12. The summed E-state index contributed by atoms with van der Waals surface area (Å²) >= 11 is 0. The summed E-state index contributed by atoms with van der Waals surface area (Å²) in [7, 11) is 0. The number of hydrogen-bond donors (Lipinski definition) is 1. The Bertz CT molecular complexity index is 943. The van der Waals surface area contributed by atoms with Crippen LogP contribution in [0.25, 0.3) is 27.9 Å². The summed E-state index contributed by atoms with van der Waals surface area (Å²) in [5, 5.41) is 1.49. The quantitative estimate of drug-likeness (QED) is 0.424. The van der Waals surface area contributed by atoms with Gasteiger partial charge in [-0.1, -0.05) is 81.1 Å². The predicted octanol–water partition coefficient (Wildman–Crippen LogP) is 6.04. The van der Waals surface area contributed by atoms with Crippen LogP contribution in [0.2, 0.25) is 0 Å². The molecular weight excluding hydrogens is 306 g/mol. The van der Waals surface area contributed by atoms with Gasteiger partial charge in [-0.15, -0.1) is 0 Å². The first-order valence-electron chi connectivity index (χ1n) is 8.47. The van der Waals surface area contributed by atoms with Crippen molar-refractivity contribution in [1.29, 1.82) is 0 Å². The standard InChI is InChI=1S/C13H9NO.C8H8.C2H6/c15-13-9-5-1-3-7-11(9)14-12-8-4-2-6-10(12)13;1-2-8-6-4-3-5-7-8;1-2/h1-8H,(H,14,15);2-7H,1H2;1-2H3. The molecule has 4 aromatic rings. The maximum Gasteiger partial charge on any atom is 0.197 e. The average Bonchev–Trinajstić information content (AvgIpc) is 2.71. The predicted molar refractivity (Wildman–Crippen MR) is 110 cm³/mol. The largest absolute Gasteiger partial charge is 0.354 e. The Morgan fingerprint density at radius 1 is 0.720 bits per heavy atom. The van der Waals surface area contributed by atoms with Gasteiger partial charge in [0.25, 0.3) is 0 Å². The molecular formula is C23H23NO. The first-order chi connectivity index (χ1) is 12.3. The number of para-hydroxylation sites is 2. The van der Waals surface area contributed by atoms with Gasteiger partial charge in [0.1, 0.15) is 0 Å². The van der Waals surface area contributed by atoms with Gasteiger partial charge in [0, 0.05) is 21.8 Å². The molecule has 0 saturated heterocycles. The Hall–Kier alpha value is -3.13. The van der Waals surface area contributed by atoms with E-state index in [4.69, 9.17) is 0 Å². The molecule has 2 heteroatoms. The number of fused-ring (bicyclic) bond motifs is 2. The van der Waals surface area contributed by atoms with E-state index in [1.165, 1.54) is 5.56 Å². The summed E-state index contributed by atoms with van der Waals surface area (Å²) in [5.41, 5.74) is 3.05. The fraction of sp³-hybridized carbons (Fsp3) is 0.0870. The topological polar surface area (TPSA) is 32.9 Å². The van der Waals surface area contributed by atoms with Crippen LogP contribution >= 0.6 is 0 Å². The van der Waals surface area contributed by atoms with Crippen molar-refractivity contribution in [3.63, 3.8) is 0 Å². The van der Waals surface area contributed by atoms with Crippen molar-refractivity contribution in [2.45, 2.75) is 13.8 Å². The third-order valence-corrected chi connectivity index (χ3v) is 3.65. The van der Waals surface area contributed by atoms with E-state index in [0.29, 0.717) is 0 Å². The number of hydrogen-bond acceptors (Lipinski definition) is 1. The van der Waals surface area contributed by atoms with Gasteiger partial charge in [-0.05, 0) is 29.8 Å². The molecule has 0 aliphatic carbocycles. The van der Waals surface area contributed by atoms with Crippen LogP contribution in [0.5, 0.6) is 0 Å². The summed E-state index contributed by atoms with van der Waals surface area (Å²) in [4.78, 5) is 15.3. The molecule has 0 bridgehead atoms. The molecule has 0 aliphatic rings. The molecule has 126 valence electrons. The van der Waals surface area contributed by atoms with Crippen molar-refractivity contribution < 1.29 is 0 Å². The minimum atomic E-state index is 0.0972. The zero-order valence-electron chi connectivity index (χ0n) is 14.7. The Morgan fingerprint density at radius 2 is 1.16 bits per heavy atom. The molecule has 0 saturated carbocycles. The molecule has 4 rings (SSSR count). The number of H-pyrrole nitrogens is 1. The van der Waals surface area contributed by atoms with Crippen LogP contribution in [0.15, 0.2) is 90.2 Å². The minimum Gasteiger partial charge on any atom is -0.354 e. The lowest BCUT2D eigenvalue weighted by Gasteiger charge is -2.01. The molecule has 3 aromatic carbocycles. The lowest BCUT2D eigenvalue weighted by atomic mass is 10.1. The molecule has 0 fully saturated rings. The molecule has 0 aliphatic heterocycles. The van der Waals surface area contributed by atoms with Gasteiger partial charge in [-0.2, -0.15) is 0 Å². The Labute approximate surface area is 148 Å². The normalized spacial score (nSPS) is 9.52. The summed E-state index contributed by atoms with van der Waals surface area (Å²) in [6.45, 7) is 7.63. The van der Waals surface area contributed by atoms with Crippen LogP contribution in [0, 0.1) is 0 Å². The number of aromatic amines is 1. The van der Waals surface area contributed by atoms with E-state index in [9.17, 15) is 4.79 Å². The average molecular weight is 329 g/mol. The highest BCUT2D eigenvalue weighted by Crippen LogP contribution is 2.13. The molecule has 1 aromatic heterocycles. The summed E-state index contributed by atoms with van der Waals surface area (Å²) in [6.07, 6.45) is 1.83. The fourth-order valence-electron chi connectivity index (χ4n) is 2.46. The molecule has 0 radical (unpaired) electrons. The van der Waals surface area contributed by atoms with Crippen LogP contribution in [0.3, 0.4) is 0 Å². The van der Waals surface area contributed by atoms with Gasteiger partial charge >= 0.3 is 0 Å². The highest BCUT2D eigenvalue weighted by Gasteiger charge is 2.02. The van der Waals surface area contributed by atoms with Crippen LogP contribution in [0.4, 0.5) is 0 Å². The Morgan fingerprint density at radius 3 is 1.60 bits per heavy atom. The van der Waals surface area contributed by atoms with E-state index < -0.39 is 0 Å². The van der Waals surface area contributed by atoms with Crippen molar-refractivity contribution in [1.82, 2.24) is 4.98 Å². The molecule has 1 N–H and O–H groups in total. The first kappa shape index (κ1) is 18.2. The molecule has 0 spiro atoms. The zero-order valence-corrected chi connectivity index (χ0v) is 14.7. The third-order valence-electron chi connectivity index (χ3n) is 3.65. The van der Waals surface area contributed by atoms with Crippen LogP contribution < -0.4 is 5.43 Å². The summed E-state index contributed by atoms with van der Waals surface area (Å²) in [6, 6.07) is 25.2. The highest BCUT2D eigenvalue weighted by molar-refractivity contribution is 5.92. The lowest BCUT2D eigenvalue weighted by Crippen LogP contribution is -2.03. The smallest absolute Gasteiger partial charge is 0.197 e. The number of rotatable bonds is 1. The number of benzene rings is 3. The second kappa shape index (κ2) is 9.24. The lowest BCUT2D eigenvalue weighted by molar-refractivity contribution is 1.48. The Kier molecular flexibility index (Phi) is 6.73. The minimum absolute atomic E-state index is 0.0972. The van der Waals surface area contributed by atoms with Crippen molar-refractivity contribution in [2.75, 3.05) is 0 Å². The van der Waals surface area contributed by atoms with E-state index in [1.807, 2.05) is 98.8 Å². The zero-order chi connectivity index (χ0) is 18.1. The molecule has 0 atom stereocenters. The maximum atomic E-state index is 12.1. The molecule has 1 heterocycles. The van der Waals surface area contributed by atoms with Crippen LogP contribution in [0.1, 0.15) is 19.4 Å². The van der Waals surface area contributed by atoms with E-state index in [1.54, 1.807) is 0 Å². The summed E-state index contributed by atoms with van der Waals surface area (Å²) in [5.74, 6) is 0. The number of nitrogens with one attached hydrogen (secondary N) is 1. The van der Waals surface area contributed by atoms with Crippen LogP contribution in [-0.2, 0) is 0 Å². The molecule has 25 heavy (non-hydrogen) atoms. The maximum absolute atomic E-state index is 12.1. The number of pyridine rings is 1. The second-order valence-corrected chi connectivity index (χ2v) is 5.16. The number of aromatic nitrogens is 1. The van der Waals surface area contributed by atoms with E-state index >= 15 is 0 Å². The van der Waals surface area contributed by atoms with Gasteiger partial charge in [0.05, 0.1) is 0 Å². The highest BCUT2D eigenvalue weighted by atomic mass is 16.1. The van der Waals surface area contributed by atoms with E-state index in [-0.39, 0.29) is 5.43 Å². The van der Waals surface area contributed by atoms with Crippen molar-refractivity contribution in [3.8, 4) is 0 Å². The van der Waals surface area contributed by atoms with Gasteiger partial charge < -0.3 is 4.98 Å². The first-order valence-corrected chi connectivity index (χ1v) is 8.47.